The van der Waals surface area contributed by atoms with E-state index in [1.165, 1.54) is 9.80 Å². The number of nitrogens with zero attached hydrogens (tertiary/aromatic N) is 2. The Hall–Kier alpha value is -3.86. The van der Waals surface area contributed by atoms with Crippen LogP contribution in [-0.4, -0.2) is 54.3 Å². The smallest absolute Gasteiger partial charge is 0.267 e. The number of ether oxygens (including phenoxy) is 2. The molecule has 0 spiro atoms. The number of hydrogen-bond donors (Lipinski definition) is 1. The Balaban J connectivity index is 1.37. The molecule has 11 heteroatoms. The predicted octanol–water partition coefficient (Wildman–Crippen LogP) is 5.16. The third-order valence-corrected chi connectivity index (χ3v) is 8.30. The second-order valence-corrected chi connectivity index (χ2v) is 11.0. The van der Waals surface area contributed by atoms with E-state index in [9.17, 15) is 14.4 Å². The third kappa shape index (κ3) is 5.30. The van der Waals surface area contributed by atoms with E-state index in [1.54, 1.807) is 62.8 Å². The number of carbonyl (C=O) groups is 3. The maximum atomic E-state index is 13.7. The summed E-state index contributed by atoms with van der Waals surface area (Å²) >= 11 is 12.8. The van der Waals surface area contributed by atoms with E-state index in [2.05, 4.69) is 5.32 Å². The van der Waals surface area contributed by atoms with Crippen LogP contribution in [0, 0.1) is 0 Å². The molecule has 204 valence electrons. The molecule has 0 bridgehead atoms. The standard InChI is InChI=1S/C29H24ClN3O5S2/c1-37-22-12-11-17(15-23(22)38-2)13-14-32-28(36)26(40-29(32)39)25-18-7-3-6-10-21(18)33(27(25)35)16-24(34)31-20-9-5-4-8-19(20)30/h3-12,15H,13-14,16H2,1-2H3,(H,31,34)/b26-25-. The zero-order valence-corrected chi connectivity index (χ0v) is 24.0. The van der Waals surface area contributed by atoms with E-state index in [-0.39, 0.29) is 22.9 Å². The number of methoxy groups -OCH3 is 2. The van der Waals surface area contributed by atoms with Crippen LogP contribution in [-0.2, 0) is 20.8 Å². The maximum absolute atomic E-state index is 13.7. The molecule has 2 heterocycles. The fourth-order valence-electron chi connectivity index (χ4n) is 4.57. The normalized spacial score (nSPS) is 16.4. The van der Waals surface area contributed by atoms with Gasteiger partial charge in [0.05, 0.1) is 41.1 Å². The van der Waals surface area contributed by atoms with Crippen LogP contribution < -0.4 is 19.7 Å². The number of nitrogens with one attached hydrogen (secondary N) is 1. The minimum absolute atomic E-state index is 0.243. The Bertz CT molecular complexity index is 1570. The van der Waals surface area contributed by atoms with Gasteiger partial charge in [0, 0.05) is 12.1 Å². The number of halogens is 1. The highest BCUT2D eigenvalue weighted by Crippen LogP contribution is 2.44. The maximum Gasteiger partial charge on any atom is 0.267 e. The van der Waals surface area contributed by atoms with Crippen LogP contribution in [0.15, 0.2) is 71.6 Å². The molecule has 3 aromatic rings. The highest BCUT2D eigenvalue weighted by molar-refractivity contribution is 8.26. The summed E-state index contributed by atoms with van der Waals surface area (Å²) in [6.45, 7) is 0.0842. The van der Waals surface area contributed by atoms with Crippen LogP contribution in [0.25, 0.3) is 5.57 Å². The molecule has 40 heavy (non-hydrogen) atoms. The molecule has 1 fully saturated rings. The van der Waals surface area contributed by atoms with Gasteiger partial charge in [-0.3, -0.25) is 24.2 Å². The molecule has 8 nitrogen and oxygen atoms in total. The Labute approximate surface area is 245 Å². The molecule has 0 saturated carbocycles. The van der Waals surface area contributed by atoms with Crippen molar-refractivity contribution in [3.05, 3.63) is 87.8 Å². The van der Waals surface area contributed by atoms with Gasteiger partial charge in [-0.1, -0.05) is 72.0 Å². The van der Waals surface area contributed by atoms with Gasteiger partial charge in [0.1, 0.15) is 10.9 Å². The second kappa shape index (κ2) is 11.7. The van der Waals surface area contributed by atoms with Crippen LogP contribution in [0.4, 0.5) is 11.4 Å². The lowest BCUT2D eigenvalue weighted by Gasteiger charge is -2.17. The number of amides is 3. The van der Waals surface area contributed by atoms with Crippen LogP contribution in [0.5, 0.6) is 11.5 Å². The summed E-state index contributed by atoms with van der Waals surface area (Å²) in [7, 11) is 3.13. The Kier molecular flexibility index (Phi) is 8.11. The number of fused-ring (bicyclic) bond motifs is 1. The lowest BCUT2D eigenvalue weighted by atomic mass is 10.1. The molecule has 1 N–H and O–H groups in total. The molecular formula is C29H24ClN3O5S2. The van der Waals surface area contributed by atoms with E-state index in [4.69, 9.17) is 33.3 Å². The molecule has 0 radical (unpaired) electrons. The first kappa shape index (κ1) is 27.7. The lowest BCUT2D eigenvalue weighted by Crippen LogP contribution is -2.35. The largest absolute Gasteiger partial charge is 0.493 e. The van der Waals surface area contributed by atoms with Gasteiger partial charge in [0.25, 0.3) is 11.8 Å². The minimum atomic E-state index is -0.434. The monoisotopic (exact) mass is 593 g/mol. The van der Waals surface area contributed by atoms with Crippen molar-refractivity contribution in [2.75, 3.05) is 37.5 Å². The summed E-state index contributed by atoms with van der Waals surface area (Å²) in [6.07, 6.45) is 0.522. The number of thiocarbonyl (C=S) groups is 1. The van der Waals surface area contributed by atoms with Crippen LogP contribution in [0.2, 0.25) is 5.02 Å². The molecule has 3 amide bonds. The van der Waals surface area contributed by atoms with Crippen molar-refractivity contribution < 1.29 is 23.9 Å². The summed E-state index contributed by atoms with van der Waals surface area (Å²) in [6, 6.07) is 19.5. The number of hydrogen-bond acceptors (Lipinski definition) is 7. The summed E-state index contributed by atoms with van der Waals surface area (Å²) in [4.78, 5) is 43.2. The van der Waals surface area contributed by atoms with E-state index < -0.39 is 11.8 Å². The summed E-state index contributed by atoms with van der Waals surface area (Å²) in [5, 5.41) is 3.13. The molecule has 0 atom stereocenters. The van der Waals surface area contributed by atoms with E-state index in [0.29, 0.717) is 50.7 Å². The fraction of sp³-hybridized carbons (Fsp3) is 0.172. The van der Waals surface area contributed by atoms with Crippen molar-refractivity contribution in [2.45, 2.75) is 6.42 Å². The first-order chi connectivity index (χ1) is 19.3. The number of benzene rings is 3. The van der Waals surface area contributed by atoms with Gasteiger partial charge in [-0.2, -0.15) is 0 Å². The Morgan fingerprint density at radius 2 is 1.68 bits per heavy atom. The van der Waals surface area contributed by atoms with Gasteiger partial charge < -0.3 is 14.8 Å². The molecule has 0 aliphatic carbocycles. The quantitative estimate of drug-likeness (QED) is 0.285. The first-order valence-corrected chi connectivity index (χ1v) is 13.9. The number of thioether (sulfide) groups is 1. The average molecular weight is 594 g/mol. The van der Waals surface area contributed by atoms with Crippen molar-refractivity contribution >= 4 is 74.6 Å². The van der Waals surface area contributed by atoms with Crippen LogP contribution in [0.1, 0.15) is 11.1 Å². The molecule has 1 saturated heterocycles. The van der Waals surface area contributed by atoms with Crippen molar-refractivity contribution in [3.63, 3.8) is 0 Å². The van der Waals surface area contributed by atoms with Gasteiger partial charge in [0.2, 0.25) is 5.91 Å². The summed E-state index contributed by atoms with van der Waals surface area (Å²) < 4.78 is 11.0. The lowest BCUT2D eigenvalue weighted by molar-refractivity contribution is -0.122. The highest BCUT2D eigenvalue weighted by atomic mass is 35.5. The fourth-order valence-corrected chi connectivity index (χ4v) is 6.13. The summed E-state index contributed by atoms with van der Waals surface area (Å²) in [5.74, 6) is 0.0244. The van der Waals surface area contributed by atoms with Crippen molar-refractivity contribution in [1.82, 2.24) is 4.90 Å². The summed E-state index contributed by atoms with van der Waals surface area (Å²) in [5.41, 5.74) is 2.76. The van der Waals surface area contributed by atoms with Gasteiger partial charge >= 0.3 is 0 Å². The minimum Gasteiger partial charge on any atom is -0.493 e. The predicted molar refractivity (Wildman–Crippen MR) is 161 cm³/mol. The molecule has 2 aliphatic rings. The van der Waals surface area contributed by atoms with Crippen molar-refractivity contribution in [2.24, 2.45) is 0 Å². The zero-order valence-electron chi connectivity index (χ0n) is 21.6. The topological polar surface area (TPSA) is 88.2 Å². The molecule has 5 rings (SSSR count). The van der Waals surface area contributed by atoms with E-state index in [1.807, 2.05) is 18.2 Å². The Morgan fingerprint density at radius 3 is 2.42 bits per heavy atom. The average Bonchev–Trinajstić information content (AvgIpc) is 3.39. The zero-order chi connectivity index (χ0) is 28.4. The van der Waals surface area contributed by atoms with E-state index >= 15 is 0 Å². The van der Waals surface area contributed by atoms with Crippen molar-refractivity contribution in [1.29, 1.82) is 0 Å². The number of para-hydroxylation sites is 2. The molecule has 3 aromatic carbocycles. The van der Waals surface area contributed by atoms with Crippen molar-refractivity contribution in [3.8, 4) is 11.5 Å². The van der Waals surface area contributed by atoms with Crippen LogP contribution in [0.3, 0.4) is 0 Å². The first-order valence-electron chi connectivity index (χ1n) is 12.3. The SMILES string of the molecule is COc1ccc(CCN2C(=O)/C(=C3/C(=O)N(CC(=O)Nc4ccccc4Cl)c4ccccc43)SC2=S)cc1OC. The second-order valence-electron chi connectivity index (χ2n) is 8.90. The molecule has 0 unspecified atom stereocenters. The highest BCUT2D eigenvalue weighted by Gasteiger charge is 2.42. The number of anilines is 2. The molecular weight excluding hydrogens is 570 g/mol. The third-order valence-electron chi connectivity index (χ3n) is 6.52. The van der Waals surface area contributed by atoms with Gasteiger partial charge in [-0.25, -0.2) is 0 Å². The Morgan fingerprint density at radius 1 is 0.950 bits per heavy atom. The van der Waals surface area contributed by atoms with Gasteiger partial charge in [0.15, 0.2) is 11.5 Å². The van der Waals surface area contributed by atoms with Crippen LogP contribution >= 0.6 is 35.6 Å². The number of carbonyl (C=O) groups excluding carboxylic acids is 3. The van der Waals surface area contributed by atoms with Gasteiger partial charge in [-0.05, 0) is 42.3 Å². The van der Waals surface area contributed by atoms with E-state index in [0.717, 1.165) is 17.3 Å². The van der Waals surface area contributed by atoms with Gasteiger partial charge in [-0.15, -0.1) is 0 Å². The number of rotatable bonds is 8. The molecule has 0 aromatic heterocycles. The molecule has 2 aliphatic heterocycles.